The Hall–Kier alpha value is -3.05. The molecule has 1 aromatic carbocycles. The van der Waals surface area contributed by atoms with E-state index in [0.29, 0.717) is 5.56 Å². The average molecular weight is 347 g/mol. The van der Waals surface area contributed by atoms with Gasteiger partial charge in [-0.3, -0.25) is 4.98 Å². The zero-order chi connectivity index (χ0) is 18.3. The van der Waals surface area contributed by atoms with Crippen molar-refractivity contribution in [2.24, 2.45) is 0 Å². The number of aromatic nitrogens is 3. The lowest BCUT2D eigenvalue weighted by molar-refractivity contribution is 0.193. The molecule has 0 unspecified atom stereocenters. The van der Waals surface area contributed by atoms with E-state index in [4.69, 9.17) is 0 Å². The highest BCUT2D eigenvalue weighted by molar-refractivity contribution is 5.81. The monoisotopic (exact) mass is 347 g/mol. The lowest BCUT2D eigenvalue weighted by Gasteiger charge is -2.11. The van der Waals surface area contributed by atoms with Gasteiger partial charge in [0.1, 0.15) is 11.5 Å². The van der Waals surface area contributed by atoms with Crippen LogP contribution in [0.25, 0.3) is 28.0 Å². The number of rotatable bonds is 3. The molecule has 26 heavy (non-hydrogen) atoms. The number of aryl methyl sites for hydroxylation is 1. The van der Waals surface area contributed by atoms with E-state index in [9.17, 15) is 9.50 Å². The van der Waals surface area contributed by atoms with Crippen molar-refractivity contribution in [3.63, 3.8) is 0 Å². The van der Waals surface area contributed by atoms with Crippen LogP contribution in [-0.2, 0) is 0 Å². The number of halogens is 1. The Morgan fingerprint density at radius 2 is 1.88 bits per heavy atom. The van der Waals surface area contributed by atoms with Crippen molar-refractivity contribution in [1.82, 2.24) is 14.4 Å². The Balaban J connectivity index is 1.90. The maximum atomic E-state index is 13.6. The summed E-state index contributed by atoms with van der Waals surface area (Å²) < 4.78 is 15.5. The predicted octanol–water partition coefficient (Wildman–Crippen LogP) is 4.56. The first-order chi connectivity index (χ1) is 12.5. The Labute approximate surface area is 150 Å². The minimum Gasteiger partial charge on any atom is -0.387 e. The lowest BCUT2D eigenvalue weighted by atomic mass is 9.99. The number of aliphatic hydroxyl groups excluding tert-OH is 1. The molecule has 0 saturated carbocycles. The third-order valence-electron chi connectivity index (χ3n) is 4.51. The first kappa shape index (κ1) is 16.4. The van der Waals surface area contributed by atoms with Gasteiger partial charge in [-0.2, -0.15) is 0 Å². The van der Waals surface area contributed by atoms with Gasteiger partial charge >= 0.3 is 0 Å². The largest absolute Gasteiger partial charge is 0.387 e. The predicted molar refractivity (Wildman–Crippen MR) is 99.2 cm³/mol. The Morgan fingerprint density at radius 3 is 2.65 bits per heavy atom. The van der Waals surface area contributed by atoms with Gasteiger partial charge in [0, 0.05) is 29.1 Å². The molecule has 0 bridgehead atoms. The molecule has 0 radical (unpaired) electrons. The summed E-state index contributed by atoms with van der Waals surface area (Å²) >= 11 is 0. The normalized spacial score (nSPS) is 12.5. The van der Waals surface area contributed by atoms with Gasteiger partial charge in [-0.15, -0.1) is 0 Å². The Kier molecular flexibility index (Phi) is 4.01. The zero-order valence-electron chi connectivity index (χ0n) is 14.5. The molecular weight excluding hydrogens is 329 g/mol. The number of imidazole rings is 1. The summed E-state index contributed by atoms with van der Waals surface area (Å²) in [6.45, 7) is 3.46. The molecule has 0 amide bonds. The molecule has 4 nitrogen and oxygen atoms in total. The van der Waals surface area contributed by atoms with Crippen molar-refractivity contribution >= 4 is 5.65 Å². The van der Waals surface area contributed by atoms with E-state index in [0.717, 1.165) is 33.7 Å². The maximum absolute atomic E-state index is 13.6. The first-order valence-corrected chi connectivity index (χ1v) is 8.41. The standard InChI is InChI=1S/C21H18FN3O/c1-13-10-15(5-7-18(13)22)21-17(4-3-9-23-21)16-6-8-20-24-11-19(14(2)26)25(20)12-16/h3-12,14,26H,1-2H3/t14-/m1/s1. The van der Waals surface area contributed by atoms with E-state index in [1.165, 1.54) is 6.07 Å². The van der Waals surface area contributed by atoms with Crippen LogP contribution in [0.3, 0.4) is 0 Å². The van der Waals surface area contributed by atoms with Gasteiger partial charge in [-0.25, -0.2) is 9.37 Å². The van der Waals surface area contributed by atoms with Crippen LogP contribution in [0.5, 0.6) is 0 Å². The summed E-state index contributed by atoms with van der Waals surface area (Å²) in [7, 11) is 0. The van der Waals surface area contributed by atoms with Crippen LogP contribution >= 0.6 is 0 Å². The van der Waals surface area contributed by atoms with E-state index in [1.54, 1.807) is 38.4 Å². The molecule has 3 heterocycles. The van der Waals surface area contributed by atoms with Crippen LogP contribution in [0.4, 0.5) is 4.39 Å². The quantitative estimate of drug-likeness (QED) is 0.591. The second kappa shape index (κ2) is 6.35. The molecule has 0 spiro atoms. The fourth-order valence-corrected chi connectivity index (χ4v) is 3.13. The van der Waals surface area contributed by atoms with Gasteiger partial charge in [0.2, 0.25) is 0 Å². The summed E-state index contributed by atoms with van der Waals surface area (Å²) in [5.74, 6) is -0.229. The molecule has 0 aliphatic carbocycles. The minimum atomic E-state index is -0.617. The average Bonchev–Trinajstić information content (AvgIpc) is 3.07. The fraction of sp³-hybridized carbons (Fsp3) is 0.143. The van der Waals surface area contributed by atoms with Gasteiger partial charge in [-0.05, 0) is 55.8 Å². The maximum Gasteiger partial charge on any atom is 0.137 e. The van der Waals surface area contributed by atoms with Gasteiger partial charge in [0.25, 0.3) is 0 Å². The first-order valence-electron chi connectivity index (χ1n) is 8.41. The highest BCUT2D eigenvalue weighted by Crippen LogP contribution is 2.31. The number of nitrogens with zero attached hydrogens (tertiary/aromatic N) is 3. The second-order valence-corrected chi connectivity index (χ2v) is 6.37. The van der Waals surface area contributed by atoms with Crippen molar-refractivity contribution < 1.29 is 9.50 Å². The second-order valence-electron chi connectivity index (χ2n) is 6.37. The van der Waals surface area contributed by atoms with E-state index >= 15 is 0 Å². The van der Waals surface area contributed by atoms with Gasteiger partial charge < -0.3 is 9.51 Å². The molecule has 1 atom stereocenters. The molecule has 5 heteroatoms. The van der Waals surface area contributed by atoms with Crippen LogP contribution in [-0.4, -0.2) is 19.5 Å². The van der Waals surface area contributed by atoms with Crippen LogP contribution in [0, 0.1) is 12.7 Å². The van der Waals surface area contributed by atoms with Crippen LogP contribution < -0.4 is 0 Å². The van der Waals surface area contributed by atoms with E-state index in [2.05, 4.69) is 9.97 Å². The third-order valence-corrected chi connectivity index (χ3v) is 4.51. The molecule has 4 rings (SSSR count). The Bertz CT molecular complexity index is 1100. The SMILES string of the molecule is Cc1cc(-c2ncccc2-c2ccc3ncc([C@@H](C)O)n3c2)ccc1F. The van der Waals surface area contributed by atoms with Crippen LogP contribution in [0.15, 0.2) is 61.1 Å². The van der Waals surface area contributed by atoms with Gasteiger partial charge in [-0.1, -0.05) is 6.07 Å². The fourth-order valence-electron chi connectivity index (χ4n) is 3.13. The molecule has 1 N–H and O–H groups in total. The molecule has 4 aromatic rings. The molecule has 0 aliphatic heterocycles. The molecule has 3 aromatic heterocycles. The number of aliphatic hydroxyl groups is 1. The zero-order valence-corrected chi connectivity index (χ0v) is 14.5. The number of hydrogen-bond donors (Lipinski definition) is 1. The van der Waals surface area contributed by atoms with Crippen LogP contribution in [0.1, 0.15) is 24.3 Å². The summed E-state index contributed by atoms with van der Waals surface area (Å²) in [6, 6.07) is 12.8. The molecule has 0 fully saturated rings. The molecule has 0 aliphatic rings. The minimum absolute atomic E-state index is 0.229. The third kappa shape index (κ3) is 2.76. The Morgan fingerprint density at radius 1 is 1.08 bits per heavy atom. The van der Waals surface area contributed by atoms with Crippen molar-refractivity contribution in [2.75, 3.05) is 0 Å². The summed E-state index contributed by atoms with van der Waals surface area (Å²) in [5, 5.41) is 9.95. The van der Waals surface area contributed by atoms with Gasteiger partial charge in [0.15, 0.2) is 0 Å². The number of pyridine rings is 2. The van der Waals surface area contributed by atoms with Crippen molar-refractivity contribution in [3.05, 3.63) is 78.1 Å². The number of benzene rings is 1. The van der Waals surface area contributed by atoms with Crippen LogP contribution in [0.2, 0.25) is 0 Å². The highest BCUT2D eigenvalue weighted by atomic mass is 19.1. The van der Waals surface area contributed by atoms with E-state index in [1.807, 2.05) is 34.9 Å². The topological polar surface area (TPSA) is 50.4 Å². The van der Waals surface area contributed by atoms with Crippen molar-refractivity contribution in [2.45, 2.75) is 20.0 Å². The summed E-state index contributed by atoms with van der Waals surface area (Å²) in [5.41, 5.74) is 5.61. The summed E-state index contributed by atoms with van der Waals surface area (Å²) in [4.78, 5) is 8.85. The van der Waals surface area contributed by atoms with E-state index in [-0.39, 0.29) is 5.82 Å². The van der Waals surface area contributed by atoms with Crippen molar-refractivity contribution in [3.8, 4) is 22.4 Å². The highest BCUT2D eigenvalue weighted by Gasteiger charge is 2.13. The molecule has 0 saturated heterocycles. The van der Waals surface area contributed by atoms with E-state index < -0.39 is 6.10 Å². The van der Waals surface area contributed by atoms with Gasteiger partial charge in [0.05, 0.1) is 23.7 Å². The smallest absolute Gasteiger partial charge is 0.137 e. The molecular formula is C21H18FN3O. The number of fused-ring (bicyclic) bond motifs is 1. The summed E-state index contributed by atoms with van der Waals surface area (Å²) in [6.07, 6.45) is 4.74. The molecule has 130 valence electrons. The number of hydrogen-bond acceptors (Lipinski definition) is 3. The lowest BCUT2D eigenvalue weighted by Crippen LogP contribution is -1.98. The van der Waals surface area contributed by atoms with Crippen molar-refractivity contribution in [1.29, 1.82) is 0 Å².